The molecule has 4 aromatic rings. The topological polar surface area (TPSA) is 80.4 Å². The van der Waals surface area contributed by atoms with Gasteiger partial charge in [0.15, 0.2) is 0 Å². The molecule has 1 aromatic heterocycles. The quantitative estimate of drug-likeness (QED) is 0.277. The van der Waals surface area contributed by atoms with E-state index in [9.17, 15) is 9.59 Å². The minimum atomic E-state index is -2.72. The van der Waals surface area contributed by atoms with Crippen molar-refractivity contribution in [3.63, 3.8) is 0 Å². The Morgan fingerprint density at radius 1 is 0.917 bits per heavy atom. The first kappa shape index (κ1) is 25.4. The number of aromatic nitrogens is 1. The Labute approximate surface area is 212 Å². The Bertz CT molecular complexity index is 1340. The lowest BCUT2D eigenvalue weighted by atomic mass is 10.1. The molecule has 186 valence electrons. The molecule has 0 atom stereocenters. The fourth-order valence-corrected chi connectivity index (χ4v) is 9.40. The van der Waals surface area contributed by atoms with E-state index in [4.69, 9.17) is 9.16 Å². The third-order valence-corrected chi connectivity index (χ3v) is 11.4. The number of carbonyl (C=O) groups is 2. The Morgan fingerprint density at radius 3 is 2.00 bits per heavy atom. The Balaban J connectivity index is 1.80. The zero-order valence-electron chi connectivity index (χ0n) is 21.3. The molecule has 0 aliphatic rings. The molecule has 7 heteroatoms. The first-order chi connectivity index (χ1) is 17.2. The van der Waals surface area contributed by atoms with Crippen LogP contribution in [0.25, 0.3) is 10.9 Å². The Hall–Kier alpha value is -3.68. The molecule has 1 heterocycles. The van der Waals surface area contributed by atoms with Gasteiger partial charge in [0, 0.05) is 29.2 Å². The lowest BCUT2D eigenvalue weighted by Crippen LogP contribution is -2.66. The normalized spacial score (nSPS) is 11.9. The molecule has 0 spiro atoms. The van der Waals surface area contributed by atoms with Gasteiger partial charge in [-0.1, -0.05) is 81.4 Å². The number of aromatic amines is 1. The third-order valence-electron chi connectivity index (χ3n) is 6.38. The predicted octanol–water partition coefficient (Wildman–Crippen LogP) is 4.99. The molecule has 36 heavy (non-hydrogen) atoms. The number of methoxy groups -OCH3 is 1. The standard InChI is InChI=1S/C29H32N2O4Si/c1-20(32)30-21-16-26(28(33)34-5)25-17-22(31-27(25)18-21)19-35-36(29(2,3)4,23-12-8-6-9-13-23)24-14-10-7-11-15-24/h6-18,31H,19H2,1-5H3,(H,30,32). The van der Waals surface area contributed by atoms with Gasteiger partial charge in [-0.25, -0.2) is 4.79 Å². The van der Waals surface area contributed by atoms with Crippen molar-refractivity contribution in [2.24, 2.45) is 0 Å². The van der Waals surface area contributed by atoms with Crippen molar-refractivity contribution in [2.45, 2.75) is 39.3 Å². The number of hydrogen-bond acceptors (Lipinski definition) is 4. The number of H-pyrrole nitrogens is 1. The van der Waals surface area contributed by atoms with Crippen molar-refractivity contribution in [3.05, 3.63) is 90.1 Å². The van der Waals surface area contributed by atoms with Crippen LogP contribution in [-0.4, -0.2) is 32.3 Å². The molecule has 3 aromatic carbocycles. The van der Waals surface area contributed by atoms with Crippen LogP contribution < -0.4 is 15.7 Å². The van der Waals surface area contributed by atoms with Crippen LogP contribution >= 0.6 is 0 Å². The minimum absolute atomic E-state index is 0.155. The van der Waals surface area contributed by atoms with Crippen molar-refractivity contribution in [1.82, 2.24) is 4.98 Å². The molecule has 2 N–H and O–H groups in total. The fourth-order valence-electron chi connectivity index (χ4n) is 4.88. The van der Waals surface area contributed by atoms with E-state index in [1.54, 1.807) is 6.07 Å². The number of ether oxygens (including phenoxy) is 1. The summed E-state index contributed by atoms with van der Waals surface area (Å²) in [5.41, 5.74) is 2.47. The lowest BCUT2D eigenvalue weighted by molar-refractivity contribution is -0.114. The van der Waals surface area contributed by atoms with Crippen LogP contribution in [0.1, 0.15) is 43.7 Å². The fraction of sp³-hybridized carbons (Fsp3) is 0.241. The molecule has 0 radical (unpaired) electrons. The molecule has 0 aliphatic heterocycles. The molecular weight excluding hydrogens is 468 g/mol. The second-order valence-electron chi connectivity index (χ2n) is 9.90. The number of rotatable bonds is 7. The van der Waals surface area contributed by atoms with Gasteiger partial charge >= 0.3 is 5.97 Å². The molecular formula is C29H32N2O4Si. The van der Waals surface area contributed by atoms with E-state index in [-0.39, 0.29) is 10.9 Å². The summed E-state index contributed by atoms with van der Waals surface area (Å²) in [5.74, 6) is -0.683. The van der Waals surface area contributed by atoms with Crippen LogP contribution in [0.5, 0.6) is 0 Å². The van der Waals surface area contributed by atoms with E-state index >= 15 is 0 Å². The zero-order valence-corrected chi connectivity index (χ0v) is 22.3. The Kier molecular flexibility index (Phi) is 7.15. The van der Waals surface area contributed by atoms with Crippen molar-refractivity contribution in [1.29, 1.82) is 0 Å². The van der Waals surface area contributed by atoms with Crippen molar-refractivity contribution in [3.8, 4) is 0 Å². The molecule has 0 fully saturated rings. The maximum Gasteiger partial charge on any atom is 0.338 e. The third kappa shape index (κ3) is 4.85. The summed E-state index contributed by atoms with van der Waals surface area (Å²) in [6.07, 6.45) is 0. The maximum absolute atomic E-state index is 12.5. The summed E-state index contributed by atoms with van der Waals surface area (Å²) < 4.78 is 12.0. The van der Waals surface area contributed by atoms with Gasteiger partial charge < -0.3 is 19.5 Å². The number of hydrogen-bond donors (Lipinski definition) is 2. The number of esters is 1. The second-order valence-corrected chi connectivity index (χ2v) is 14.2. The van der Waals surface area contributed by atoms with Crippen LogP contribution in [0.4, 0.5) is 5.69 Å². The molecule has 0 bridgehead atoms. The number of amides is 1. The van der Waals surface area contributed by atoms with Gasteiger partial charge in [0.2, 0.25) is 5.91 Å². The van der Waals surface area contributed by atoms with Gasteiger partial charge in [0.05, 0.1) is 19.3 Å². The summed E-state index contributed by atoms with van der Waals surface area (Å²) in [5, 5.41) is 5.71. The van der Waals surface area contributed by atoms with Gasteiger partial charge in [-0.05, 0) is 33.6 Å². The van der Waals surface area contributed by atoms with E-state index in [0.29, 0.717) is 17.9 Å². The maximum atomic E-state index is 12.5. The Morgan fingerprint density at radius 2 is 1.50 bits per heavy atom. The average molecular weight is 501 g/mol. The van der Waals surface area contributed by atoms with Crippen LogP contribution in [0, 0.1) is 0 Å². The van der Waals surface area contributed by atoms with E-state index in [1.807, 2.05) is 24.3 Å². The highest BCUT2D eigenvalue weighted by atomic mass is 28.4. The van der Waals surface area contributed by atoms with Crippen LogP contribution in [0.3, 0.4) is 0 Å². The predicted molar refractivity (Wildman–Crippen MR) is 146 cm³/mol. The zero-order chi connectivity index (χ0) is 25.9. The highest BCUT2D eigenvalue weighted by molar-refractivity contribution is 6.99. The van der Waals surface area contributed by atoms with Crippen molar-refractivity contribution < 1.29 is 18.8 Å². The van der Waals surface area contributed by atoms with Crippen LogP contribution in [0.2, 0.25) is 5.04 Å². The van der Waals surface area contributed by atoms with E-state index < -0.39 is 14.3 Å². The molecule has 1 amide bonds. The van der Waals surface area contributed by atoms with Gasteiger partial charge in [0.25, 0.3) is 8.32 Å². The number of fused-ring (bicyclic) bond motifs is 1. The highest BCUT2D eigenvalue weighted by Crippen LogP contribution is 2.37. The highest BCUT2D eigenvalue weighted by Gasteiger charge is 2.50. The summed E-state index contributed by atoms with van der Waals surface area (Å²) in [4.78, 5) is 27.5. The number of carbonyl (C=O) groups excluding carboxylic acids is 2. The second kappa shape index (κ2) is 10.1. The van der Waals surface area contributed by atoms with Crippen LogP contribution in [-0.2, 0) is 20.6 Å². The van der Waals surface area contributed by atoms with E-state index in [2.05, 4.69) is 79.6 Å². The van der Waals surface area contributed by atoms with Gasteiger partial charge in [-0.15, -0.1) is 0 Å². The van der Waals surface area contributed by atoms with Gasteiger partial charge in [-0.3, -0.25) is 4.79 Å². The average Bonchev–Trinajstić information content (AvgIpc) is 3.26. The number of anilines is 1. The van der Waals surface area contributed by atoms with Crippen molar-refractivity contribution >= 4 is 47.2 Å². The number of benzene rings is 3. The summed E-state index contributed by atoms with van der Waals surface area (Å²) >= 11 is 0. The number of nitrogens with one attached hydrogen (secondary N) is 2. The SMILES string of the molecule is COC(=O)c1cc(NC(C)=O)cc2[nH]c(CO[Si](c3ccccc3)(c3ccccc3)C(C)(C)C)cc12. The van der Waals surface area contributed by atoms with Gasteiger partial charge in [0.1, 0.15) is 0 Å². The molecule has 0 saturated heterocycles. The molecule has 6 nitrogen and oxygen atoms in total. The minimum Gasteiger partial charge on any atom is -0.465 e. The van der Waals surface area contributed by atoms with Crippen molar-refractivity contribution in [2.75, 3.05) is 12.4 Å². The molecule has 0 unspecified atom stereocenters. The first-order valence-corrected chi connectivity index (χ1v) is 13.8. The smallest absolute Gasteiger partial charge is 0.338 e. The van der Waals surface area contributed by atoms with E-state index in [1.165, 1.54) is 24.4 Å². The van der Waals surface area contributed by atoms with Gasteiger partial charge in [-0.2, -0.15) is 0 Å². The molecule has 0 saturated carbocycles. The monoisotopic (exact) mass is 500 g/mol. The van der Waals surface area contributed by atoms with Crippen LogP contribution in [0.15, 0.2) is 78.9 Å². The molecule has 0 aliphatic carbocycles. The lowest BCUT2D eigenvalue weighted by Gasteiger charge is -2.43. The first-order valence-electron chi connectivity index (χ1n) is 11.9. The summed E-state index contributed by atoms with van der Waals surface area (Å²) in [6.45, 7) is 8.47. The molecule has 4 rings (SSSR count). The summed E-state index contributed by atoms with van der Waals surface area (Å²) in [7, 11) is -1.38. The summed E-state index contributed by atoms with van der Waals surface area (Å²) in [6, 6.07) is 26.3. The van der Waals surface area contributed by atoms with E-state index in [0.717, 1.165) is 16.6 Å². The largest absolute Gasteiger partial charge is 0.465 e.